The summed E-state index contributed by atoms with van der Waals surface area (Å²) in [6, 6.07) is 7.71. The molecule has 0 saturated heterocycles. The fourth-order valence-corrected chi connectivity index (χ4v) is 2.11. The van der Waals surface area contributed by atoms with Gasteiger partial charge in [0.05, 0.1) is 13.7 Å². The van der Waals surface area contributed by atoms with Crippen LogP contribution in [0.25, 0.3) is 6.08 Å². The summed E-state index contributed by atoms with van der Waals surface area (Å²) in [5.74, 6) is 1.33. The molecule has 0 spiro atoms. The fourth-order valence-electron chi connectivity index (χ4n) is 2.11. The van der Waals surface area contributed by atoms with E-state index >= 15 is 0 Å². The zero-order valence-corrected chi connectivity index (χ0v) is 14.0. The number of methoxy groups -OCH3 is 1. The number of rotatable bonds is 10. The molecule has 0 aliphatic rings. The lowest BCUT2D eigenvalue weighted by Gasteiger charge is -2.07. The van der Waals surface area contributed by atoms with E-state index < -0.39 is 0 Å². The van der Waals surface area contributed by atoms with Gasteiger partial charge in [-0.25, -0.2) is 4.79 Å². The minimum atomic E-state index is -0.349. The fraction of sp³-hybridized carbons (Fsp3) is 0.526. The van der Waals surface area contributed by atoms with E-state index in [1.54, 1.807) is 6.08 Å². The maximum atomic E-state index is 11.0. The highest BCUT2D eigenvalue weighted by molar-refractivity contribution is 5.86. The largest absolute Gasteiger partial charge is 0.494 e. The molecule has 0 atom stereocenters. The van der Waals surface area contributed by atoms with Crippen molar-refractivity contribution in [2.24, 2.45) is 5.92 Å². The van der Waals surface area contributed by atoms with Crippen LogP contribution in [0.2, 0.25) is 0 Å². The zero-order chi connectivity index (χ0) is 16.2. The van der Waals surface area contributed by atoms with Gasteiger partial charge in [0.1, 0.15) is 5.75 Å². The van der Waals surface area contributed by atoms with Crippen molar-refractivity contribution in [3.8, 4) is 5.75 Å². The van der Waals surface area contributed by atoms with Crippen LogP contribution in [0.4, 0.5) is 0 Å². The molecule has 0 aliphatic heterocycles. The molecule has 0 saturated carbocycles. The van der Waals surface area contributed by atoms with Crippen LogP contribution >= 0.6 is 0 Å². The summed E-state index contributed by atoms with van der Waals surface area (Å²) in [5.41, 5.74) is 0.950. The zero-order valence-electron chi connectivity index (χ0n) is 14.0. The van der Waals surface area contributed by atoms with Gasteiger partial charge in [0.2, 0.25) is 0 Å². The Kier molecular flexibility index (Phi) is 9.04. The SMILES string of the molecule is COC(=O)C=Cc1ccc(OCCCCCCC(C)C)cc1. The monoisotopic (exact) mass is 304 g/mol. The van der Waals surface area contributed by atoms with E-state index in [1.807, 2.05) is 24.3 Å². The summed E-state index contributed by atoms with van der Waals surface area (Å²) in [6.07, 6.45) is 9.39. The standard InChI is InChI=1S/C19H28O3/c1-16(2)8-6-4-5-7-15-22-18-12-9-17(10-13-18)11-14-19(20)21-3/h9-14,16H,4-8,15H2,1-3H3. The Bertz CT molecular complexity index is 446. The van der Waals surface area contributed by atoms with E-state index in [9.17, 15) is 4.79 Å². The molecule has 0 heterocycles. The number of hydrogen-bond donors (Lipinski definition) is 0. The first-order chi connectivity index (χ1) is 10.6. The summed E-state index contributed by atoms with van der Waals surface area (Å²) >= 11 is 0. The number of unbranched alkanes of at least 4 members (excludes halogenated alkanes) is 3. The molecule has 122 valence electrons. The van der Waals surface area contributed by atoms with Crippen molar-refractivity contribution in [1.29, 1.82) is 0 Å². The molecule has 3 nitrogen and oxygen atoms in total. The molecule has 3 heteroatoms. The van der Waals surface area contributed by atoms with E-state index in [0.717, 1.165) is 30.3 Å². The van der Waals surface area contributed by atoms with Crippen molar-refractivity contribution in [1.82, 2.24) is 0 Å². The van der Waals surface area contributed by atoms with Gasteiger partial charge in [-0.2, -0.15) is 0 Å². The van der Waals surface area contributed by atoms with Crippen LogP contribution < -0.4 is 4.74 Å². The minimum Gasteiger partial charge on any atom is -0.494 e. The molecule has 0 aliphatic carbocycles. The predicted octanol–water partition coefficient (Wildman–Crippen LogP) is 4.86. The third-order valence-electron chi connectivity index (χ3n) is 3.44. The normalized spacial score (nSPS) is 11.1. The van der Waals surface area contributed by atoms with Gasteiger partial charge in [0, 0.05) is 6.08 Å². The first-order valence-corrected chi connectivity index (χ1v) is 8.10. The number of ether oxygens (including phenoxy) is 2. The number of carbonyl (C=O) groups is 1. The van der Waals surface area contributed by atoms with Crippen LogP contribution in [0.3, 0.4) is 0 Å². The van der Waals surface area contributed by atoms with Crippen LogP contribution in [0.5, 0.6) is 5.75 Å². The van der Waals surface area contributed by atoms with Crippen molar-refractivity contribution < 1.29 is 14.3 Å². The smallest absolute Gasteiger partial charge is 0.330 e. The Balaban J connectivity index is 2.19. The number of carbonyl (C=O) groups excluding carboxylic acids is 1. The van der Waals surface area contributed by atoms with Crippen molar-refractivity contribution in [2.45, 2.75) is 46.0 Å². The van der Waals surface area contributed by atoms with Gasteiger partial charge in [-0.1, -0.05) is 51.7 Å². The Morgan fingerprint density at radius 1 is 1.09 bits per heavy atom. The lowest BCUT2D eigenvalue weighted by molar-refractivity contribution is -0.134. The molecule has 22 heavy (non-hydrogen) atoms. The summed E-state index contributed by atoms with van der Waals surface area (Å²) in [4.78, 5) is 11.0. The molecule has 1 aromatic carbocycles. The Morgan fingerprint density at radius 3 is 2.41 bits per heavy atom. The molecule has 0 bridgehead atoms. The molecule has 1 aromatic rings. The lowest BCUT2D eigenvalue weighted by Crippen LogP contribution is -1.97. The second-order valence-electron chi connectivity index (χ2n) is 5.87. The van der Waals surface area contributed by atoms with E-state index in [2.05, 4.69) is 18.6 Å². The van der Waals surface area contributed by atoms with Gasteiger partial charge in [0.15, 0.2) is 0 Å². The summed E-state index contributed by atoms with van der Waals surface area (Å²) in [5, 5.41) is 0. The van der Waals surface area contributed by atoms with Gasteiger partial charge < -0.3 is 9.47 Å². The molecular weight excluding hydrogens is 276 g/mol. The first-order valence-electron chi connectivity index (χ1n) is 8.10. The number of esters is 1. The molecule has 0 aromatic heterocycles. The van der Waals surface area contributed by atoms with Gasteiger partial charge in [-0.3, -0.25) is 0 Å². The maximum absolute atomic E-state index is 11.0. The second-order valence-corrected chi connectivity index (χ2v) is 5.87. The molecule has 0 radical (unpaired) electrons. The molecule has 0 fully saturated rings. The Morgan fingerprint density at radius 2 is 1.77 bits per heavy atom. The summed E-state index contributed by atoms with van der Waals surface area (Å²) < 4.78 is 10.3. The molecule has 1 rings (SSSR count). The number of benzene rings is 1. The summed E-state index contributed by atoms with van der Waals surface area (Å²) in [7, 11) is 1.37. The summed E-state index contributed by atoms with van der Waals surface area (Å²) in [6.45, 7) is 5.30. The third-order valence-corrected chi connectivity index (χ3v) is 3.44. The highest BCUT2D eigenvalue weighted by Crippen LogP contribution is 2.14. The highest BCUT2D eigenvalue weighted by Gasteiger charge is 1.97. The number of hydrogen-bond acceptors (Lipinski definition) is 3. The Labute approximate surface area is 134 Å². The highest BCUT2D eigenvalue weighted by atomic mass is 16.5. The predicted molar refractivity (Wildman–Crippen MR) is 90.9 cm³/mol. The van der Waals surface area contributed by atoms with E-state index in [1.165, 1.54) is 38.9 Å². The second kappa shape index (κ2) is 10.9. The van der Waals surface area contributed by atoms with Gasteiger partial charge >= 0.3 is 5.97 Å². The first kappa shape index (κ1) is 18.3. The van der Waals surface area contributed by atoms with E-state index in [4.69, 9.17) is 4.74 Å². The van der Waals surface area contributed by atoms with Crippen LogP contribution in [0.15, 0.2) is 30.3 Å². The molecule has 0 unspecified atom stereocenters. The van der Waals surface area contributed by atoms with Crippen molar-refractivity contribution in [3.05, 3.63) is 35.9 Å². The average Bonchev–Trinajstić information content (AvgIpc) is 2.52. The topological polar surface area (TPSA) is 35.5 Å². The van der Waals surface area contributed by atoms with Gasteiger partial charge in [-0.05, 0) is 36.1 Å². The third kappa shape index (κ3) is 8.50. The van der Waals surface area contributed by atoms with Crippen LogP contribution in [-0.2, 0) is 9.53 Å². The van der Waals surface area contributed by atoms with Crippen molar-refractivity contribution >= 4 is 12.0 Å². The quantitative estimate of drug-likeness (QED) is 0.352. The van der Waals surface area contributed by atoms with Crippen molar-refractivity contribution in [2.75, 3.05) is 13.7 Å². The maximum Gasteiger partial charge on any atom is 0.330 e. The van der Waals surface area contributed by atoms with Gasteiger partial charge in [0.25, 0.3) is 0 Å². The van der Waals surface area contributed by atoms with Crippen molar-refractivity contribution in [3.63, 3.8) is 0 Å². The van der Waals surface area contributed by atoms with Crippen LogP contribution in [-0.4, -0.2) is 19.7 Å². The molecule has 0 N–H and O–H groups in total. The van der Waals surface area contributed by atoms with E-state index in [-0.39, 0.29) is 5.97 Å². The molecular formula is C19H28O3. The lowest BCUT2D eigenvalue weighted by atomic mass is 10.0. The average molecular weight is 304 g/mol. The van der Waals surface area contributed by atoms with Crippen LogP contribution in [0, 0.1) is 5.92 Å². The van der Waals surface area contributed by atoms with Crippen LogP contribution in [0.1, 0.15) is 51.5 Å². The molecule has 0 amide bonds. The Hall–Kier alpha value is -1.77. The van der Waals surface area contributed by atoms with E-state index in [0.29, 0.717) is 0 Å². The van der Waals surface area contributed by atoms with Gasteiger partial charge in [-0.15, -0.1) is 0 Å². The minimum absolute atomic E-state index is 0.349.